The molecular formula is C12H17N3O3S. The number of sulfonamides is 1. The number of nitrogens with two attached hydrogens (primary N) is 1. The van der Waals surface area contributed by atoms with Gasteiger partial charge in [0.05, 0.1) is 17.3 Å². The average Bonchev–Trinajstić information content (AvgIpc) is 2.35. The summed E-state index contributed by atoms with van der Waals surface area (Å²) in [5, 5.41) is 17.4. The van der Waals surface area contributed by atoms with E-state index in [0.717, 1.165) is 0 Å². The molecule has 0 aliphatic carbocycles. The summed E-state index contributed by atoms with van der Waals surface area (Å²) in [6.45, 7) is 1.73. The Morgan fingerprint density at radius 1 is 1.53 bits per heavy atom. The predicted octanol–water partition coefficient (Wildman–Crippen LogP) is 0.580. The van der Waals surface area contributed by atoms with Gasteiger partial charge in [-0.05, 0) is 38.0 Å². The van der Waals surface area contributed by atoms with Crippen LogP contribution in [0.15, 0.2) is 23.1 Å². The first-order valence-electron chi connectivity index (χ1n) is 5.83. The highest BCUT2D eigenvalue weighted by atomic mass is 32.2. The SMILES string of the molecule is CC(CCCO)NS(=O)(=O)c1ccc(C#N)cc1N. The second-order valence-electron chi connectivity index (χ2n) is 4.25. The maximum atomic E-state index is 12.1. The van der Waals surface area contributed by atoms with Gasteiger partial charge >= 0.3 is 0 Å². The second kappa shape index (κ2) is 6.52. The second-order valence-corrected chi connectivity index (χ2v) is 5.93. The zero-order chi connectivity index (χ0) is 14.5. The minimum absolute atomic E-state index is 0.0189. The van der Waals surface area contributed by atoms with Crippen molar-refractivity contribution < 1.29 is 13.5 Å². The standard InChI is InChI=1S/C12H17N3O3S/c1-9(3-2-6-16)15-19(17,18)12-5-4-10(8-13)7-11(12)14/h4-5,7,9,15-16H,2-3,6,14H2,1H3. The molecule has 0 saturated heterocycles. The topological polar surface area (TPSA) is 116 Å². The van der Waals surface area contributed by atoms with Gasteiger partial charge in [-0.2, -0.15) is 5.26 Å². The van der Waals surface area contributed by atoms with Crippen LogP contribution in [0, 0.1) is 11.3 Å². The van der Waals surface area contributed by atoms with E-state index in [1.165, 1.54) is 18.2 Å². The molecule has 0 amide bonds. The normalized spacial score (nSPS) is 12.9. The molecule has 0 fully saturated rings. The van der Waals surface area contributed by atoms with Crippen molar-refractivity contribution in [2.24, 2.45) is 0 Å². The Morgan fingerprint density at radius 3 is 2.74 bits per heavy atom. The van der Waals surface area contributed by atoms with Gasteiger partial charge in [0.2, 0.25) is 10.0 Å². The van der Waals surface area contributed by atoms with Gasteiger partial charge in [-0.1, -0.05) is 0 Å². The fourth-order valence-corrected chi connectivity index (χ4v) is 3.04. The van der Waals surface area contributed by atoms with Gasteiger partial charge in [0.15, 0.2) is 0 Å². The van der Waals surface area contributed by atoms with Crippen molar-refractivity contribution in [1.29, 1.82) is 5.26 Å². The lowest BCUT2D eigenvalue weighted by molar-refractivity contribution is 0.279. The van der Waals surface area contributed by atoms with E-state index in [-0.39, 0.29) is 23.2 Å². The van der Waals surface area contributed by atoms with Gasteiger partial charge in [0.1, 0.15) is 4.90 Å². The smallest absolute Gasteiger partial charge is 0.242 e. The first-order valence-corrected chi connectivity index (χ1v) is 7.32. The first kappa shape index (κ1) is 15.4. The number of anilines is 1. The van der Waals surface area contributed by atoms with Gasteiger partial charge < -0.3 is 10.8 Å². The summed E-state index contributed by atoms with van der Waals surface area (Å²) in [5.74, 6) is 0. The number of aliphatic hydroxyl groups is 1. The average molecular weight is 283 g/mol. The zero-order valence-electron chi connectivity index (χ0n) is 10.6. The number of nitrogens with one attached hydrogen (secondary N) is 1. The van der Waals surface area contributed by atoms with Crippen LogP contribution in [0.1, 0.15) is 25.3 Å². The van der Waals surface area contributed by atoms with Crippen molar-refractivity contribution in [1.82, 2.24) is 4.72 Å². The lowest BCUT2D eigenvalue weighted by Crippen LogP contribution is -2.33. The van der Waals surface area contributed by atoms with Crippen LogP contribution in [-0.2, 0) is 10.0 Å². The van der Waals surface area contributed by atoms with E-state index in [9.17, 15) is 8.42 Å². The molecule has 104 valence electrons. The Balaban J connectivity index is 2.92. The molecule has 7 heteroatoms. The first-order chi connectivity index (χ1) is 8.90. The van der Waals surface area contributed by atoms with E-state index >= 15 is 0 Å². The summed E-state index contributed by atoms with van der Waals surface area (Å²) in [5.41, 5.74) is 6.00. The van der Waals surface area contributed by atoms with Gasteiger partial charge in [-0.25, -0.2) is 13.1 Å². The maximum Gasteiger partial charge on any atom is 0.242 e. The minimum Gasteiger partial charge on any atom is -0.398 e. The Labute approximate surface area is 112 Å². The van der Waals surface area contributed by atoms with Crippen LogP contribution in [0.2, 0.25) is 0 Å². The number of nitrogens with zero attached hydrogens (tertiary/aromatic N) is 1. The van der Waals surface area contributed by atoms with Crippen LogP contribution in [0.4, 0.5) is 5.69 Å². The maximum absolute atomic E-state index is 12.1. The number of aliphatic hydroxyl groups excluding tert-OH is 1. The van der Waals surface area contributed by atoms with Gasteiger partial charge in [-0.15, -0.1) is 0 Å². The number of hydrogen-bond donors (Lipinski definition) is 3. The minimum atomic E-state index is -3.71. The molecule has 0 radical (unpaired) electrons. The molecule has 0 spiro atoms. The van der Waals surface area contributed by atoms with Crippen molar-refractivity contribution >= 4 is 15.7 Å². The molecule has 6 nitrogen and oxygen atoms in total. The molecule has 19 heavy (non-hydrogen) atoms. The fourth-order valence-electron chi connectivity index (χ4n) is 1.65. The summed E-state index contributed by atoms with van der Waals surface area (Å²) < 4.78 is 26.7. The van der Waals surface area contributed by atoms with E-state index in [1.807, 2.05) is 6.07 Å². The fraction of sp³-hybridized carbons (Fsp3) is 0.417. The molecule has 0 heterocycles. The summed E-state index contributed by atoms with van der Waals surface area (Å²) in [6.07, 6.45) is 1.05. The van der Waals surface area contributed by atoms with Crippen molar-refractivity contribution in [3.05, 3.63) is 23.8 Å². The van der Waals surface area contributed by atoms with Crippen molar-refractivity contribution in [3.8, 4) is 6.07 Å². The lowest BCUT2D eigenvalue weighted by Gasteiger charge is -2.14. The molecule has 0 aliphatic rings. The third kappa shape index (κ3) is 4.21. The molecule has 1 aromatic carbocycles. The van der Waals surface area contributed by atoms with E-state index < -0.39 is 10.0 Å². The third-order valence-corrected chi connectivity index (χ3v) is 4.24. The van der Waals surface area contributed by atoms with Crippen molar-refractivity contribution in [2.75, 3.05) is 12.3 Å². The molecule has 1 aromatic rings. The Kier molecular flexibility index (Phi) is 5.30. The Hall–Kier alpha value is -1.62. The highest BCUT2D eigenvalue weighted by Crippen LogP contribution is 2.20. The number of benzene rings is 1. The molecule has 0 bridgehead atoms. The summed E-state index contributed by atoms with van der Waals surface area (Å²) in [6, 6.07) is 5.64. The zero-order valence-corrected chi connectivity index (χ0v) is 11.4. The highest BCUT2D eigenvalue weighted by Gasteiger charge is 2.20. The number of rotatable bonds is 6. The monoisotopic (exact) mass is 283 g/mol. The van der Waals surface area contributed by atoms with Gasteiger partial charge in [0.25, 0.3) is 0 Å². The van der Waals surface area contributed by atoms with Crippen LogP contribution >= 0.6 is 0 Å². The molecule has 4 N–H and O–H groups in total. The van der Waals surface area contributed by atoms with E-state index in [1.54, 1.807) is 6.92 Å². The number of hydrogen-bond acceptors (Lipinski definition) is 5. The Bertz CT molecular complexity index is 578. The van der Waals surface area contributed by atoms with Crippen LogP contribution < -0.4 is 10.5 Å². The van der Waals surface area contributed by atoms with Crippen molar-refractivity contribution in [2.45, 2.75) is 30.7 Å². The predicted molar refractivity (Wildman–Crippen MR) is 71.7 cm³/mol. The lowest BCUT2D eigenvalue weighted by atomic mass is 10.2. The third-order valence-electron chi connectivity index (χ3n) is 2.58. The molecule has 1 rings (SSSR count). The van der Waals surface area contributed by atoms with Crippen LogP contribution in [-0.4, -0.2) is 26.2 Å². The molecule has 0 saturated carbocycles. The molecule has 0 aliphatic heterocycles. The summed E-state index contributed by atoms with van der Waals surface area (Å²) in [7, 11) is -3.71. The van der Waals surface area contributed by atoms with Crippen molar-refractivity contribution in [3.63, 3.8) is 0 Å². The molecule has 1 unspecified atom stereocenters. The van der Waals surface area contributed by atoms with Crippen LogP contribution in [0.3, 0.4) is 0 Å². The Morgan fingerprint density at radius 2 is 2.21 bits per heavy atom. The van der Waals surface area contributed by atoms with Crippen LogP contribution in [0.5, 0.6) is 0 Å². The van der Waals surface area contributed by atoms with Crippen LogP contribution in [0.25, 0.3) is 0 Å². The van der Waals surface area contributed by atoms with E-state index in [0.29, 0.717) is 18.4 Å². The number of nitriles is 1. The van der Waals surface area contributed by atoms with E-state index in [4.69, 9.17) is 16.1 Å². The largest absolute Gasteiger partial charge is 0.398 e. The summed E-state index contributed by atoms with van der Waals surface area (Å²) >= 11 is 0. The molecular weight excluding hydrogens is 266 g/mol. The highest BCUT2D eigenvalue weighted by molar-refractivity contribution is 7.89. The number of nitrogen functional groups attached to an aromatic ring is 1. The van der Waals surface area contributed by atoms with Gasteiger partial charge in [0, 0.05) is 12.6 Å². The summed E-state index contributed by atoms with van der Waals surface area (Å²) in [4.78, 5) is -0.0395. The van der Waals surface area contributed by atoms with E-state index in [2.05, 4.69) is 4.72 Å². The molecule has 0 aromatic heterocycles. The quantitative estimate of drug-likeness (QED) is 0.660. The van der Waals surface area contributed by atoms with Gasteiger partial charge in [-0.3, -0.25) is 0 Å². The molecule has 1 atom stereocenters.